The van der Waals surface area contributed by atoms with Crippen molar-refractivity contribution in [2.24, 2.45) is 0 Å². The van der Waals surface area contributed by atoms with Gasteiger partial charge in [-0.2, -0.15) is 0 Å². The number of hydrogen-bond donors (Lipinski definition) is 1. The van der Waals surface area contributed by atoms with E-state index in [4.69, 9.17) is 4.74 Å². The molecule has 0 radical (unpaired) electrons. The zero-order chi connectivity index (χ0) is 16.7. The molecule has 120 valence electrons. The molecule has 2 rings (SSSR count). The van der Waals surface area contributed by atoms with Crippen LogP contribution < -0.4 is 5.32 Å². The fourth-order valence-electron chi connectivity index (χ4n) is 2.02. The van der Waals surface area contributed by atoms with E-state index < -0.39 is 0 Å². The van der Waals surface area contributed by atoms with Crippen LogP contribution in [0.2, 0.25) is 0 Å². The first-order chi connectivity index (χ1) is 11.1. The van der Waals surface area contributed by atoms with Crippen LogP contribution in [0.1, 0.15) is 15.9 Å². The first-order valence-electron chi connectivity index (χ1n) is 7.29. The van der Waals surface area contributed by atoms with E-state index in [0.29, 0.717) is 17.9 Å². The van der Waals surface area contributed by atoms with Gasteiger partial charge in [-0.1, -0.05) is 36.4 Å². The minimum Gasteiger partial charge on any atom is -0.367 e. The Morgan fingerprint density at radius 2 is 1.78 bits per heavy atom. The van der Waals surface area contributed by atoms with Gasteiger partial charge in [-0.3, -0.25) is 9.59 Å². The van der Waals surface area contributed by atoms with E-state index in [1.54, 1.807) is 38.4 Å². The van der Waals surface area contributed by atoms with Gasteiger partial charge in [0.1, 0.15) is 6.61 Å². The van der Waals surface area contributed by atoms with Gasteiger partial charge in [0.2, 0.25) is 5.91 Å². The summed E-state index contributed by atoms with van der Waals surface area (Å²) in [5, 5.41) is 2.73. The van der Waals surface area contributed by atoms with Gasteiger partial charge in [0.05, 0.1) is 6.61 Å². The Bertz CT molecular complexity index is 669. The first-order valence-corrected chi connectivity index (χ1v) is 7.29. The van der Waals surface area contributed by atoms with E-state index in [1.165, 1.54) is 4.90 Å². The van der Waals surface area contributed by atoms with Crippen molar-refractivity contribution in [3.8, 4) is 0 Å². The van der Waals surface area contributed by atoms with Crippen LogP contribution in [0.3, 0.4) is 0 Å². The number of carbonyl (C=O) groups excluding carboxylic acids is 2. The van der Waals surface area contributed by atoms with Gasteiger partial charge < -0.3 is 15.0 Å². The number of nitrogens with zero attached hydrogens (tertiary/aromatic N) is 1. The maximum Gasteiger partial charge on any atom is 0.253 e. The maximum absolute atomic E-state index is 11.9. The van der Waals surface area contributed by atoms with E-state index in [9.17, 15) is 9.59 Å². The second-order valence-electron chi connectivity index (χ2n) is 5.31. The second-order valence-corrected chi connectivity index (χ2v) is 5.31. The molecule has 0 atom stereocenters. The highest BCUT2D eigenvalue weighted by Crippen LogP contribution is 2.12. The molecule has 0 saturated carbocycles. The monoisotopic (exact) mass is 312 g/mol. The van der Waals surface area contributed by atoms with Crippen LogP contribution in [0, 0.1) is 0 Å². The molecule has 1 N–H and O–H groups in total. The molecule has 0 bridgehead atoms. The van der Waals surface area contributed by atoms with Crippen LogP contribution in [0.5, 0.6) is 0 Å². The van der Waals surface area contributed by atoms with Crippen LogP contribution in [-0.4, -0.2) is 37.4 Å². The summed E-state index contributed by atoms with van der Waals surface area (Å²) in [6.07, 6.45) is 0. The zero-order valence-electron chi connectivity index (χ0n) is 13.3. The Morgan fingerprint density at radius 3 is 2.48 bits per heavy atom. The molecule has 2 amide bonds. The highest BCUT2D eigenvalue weighted by atomic mass is 16.5. The molecule has 0 saturated heterocycles. The van der Waals surface area contributed by atoms with Crippen molar-refractivity contribution in [1.29, 1.82) is 0 Å². The summed E-state index contributed by atoms with van der Waals surface area (Å²) in [4.78, 5) is 25.3. The minimum atomic E-state index is -0.254. The molecule has 5 nitrogen and oxygen atoms in total. The van der Waals surface area contributed by atoms with Gasteiger partial charge >= 0.3 is 0 Å². The predicted octanol–water partition coefficient (Wildman–Crippen LogP) is 2.54. The van der Waals surface area contributed by atoms with Crippen molar-refractivity contribution in [2.45, 2.75) is 6.61 Å². The molecule has 5 heteroatoms. The molecule has 23 heavy (non-hydrogen) atoms. The number of carbonyl (C=O) groups is 2. The Kier molecular flexibility index (Phi) is 5.88. The number of benzene rings is 2. The number of amides is 2. The van der Waals surface area contributed by atoms with Crippen molar-refractivity contribution < 1.29 is 14.3 Å². The first kappa shape index (κ1) is 16.7. The van der Waals surface area contributed by atoms with Gasteiger partial charge in [0.25, 0.3) is 5.91 Å². The molecule has 2 aromatic carbocycles. The molecule has 0 fully saturated rings. The Hall–Kier alpha value is -2.66. The molecule has 0 unspecified atom stereocenters. The van der Waals surface area contributed by atoms with E-state index in [1.807, 2.05) is 30.3 Å². The van der Waals surface area contributed by atoms with Crippen LogP contribution in [-0.2, 0) is 16.1 Å². The minimum absolute atomic E-state index is 0.0409. The third-order valence-corrected chi connectivity index (χ3v) is 3.14. The number of ether oxygens (including phenoxy) is 1. The summed E-state index contributed by atoms with van der Waals surface area (Å²) in [5.41, 5.74) is 2.11. The molecule has 0 spiro atoms. The summed E-state index contributed by atoms with van der Waals surface area (Å²) in [7, 11) is 3.37. The van der Waals surface area contributed by atoms with Crippen molar-refractivity contribution >= 4 is 17.5 Å². The molecule has 0 aliphatic rings. The third kappa shape index (κ3) is 5.23. The standard InChI is InChI=1S/C18H20N2O3/c1-20(2)18(22)15-9-6-10-16(11-15)19-17(21)13-23-12-14-7-4-3-5-8-14/h3-11H,12-13H2,1-2H3,(H,19,21). The van der Waals surface area contributed by atoms with Gasteiger partial charge in [-0.15, -0.1) is 0 Å². The smallest absolute Gasteiger partial charge is 0.253 e. The van der Waals surface area contributed by atoms with Crippen LogP contribution in [0.4, 0.5) is 5.69 Å². The fourth-order valence-corrected chi connectivity index (χ4v) is 2.02. The Morgan fingerprint density at radius 1 is 1.04 bits per heavy atom. The van der Waals surface area contributed by atoms with Crippen LogP contribution in [0.25, 0.3) is 0 Å². The summed E-state index contributed by atoms with van der Waals surface area (Å²) < 4.78 is 5.38. The molecule has 0 aliphatic heterocycles. The molecule has 0 aliphatic carbocycles. The molecule has 2 aromatic rings. The maximum atomic E-state index is 11.9. The molecule has 0 aromatic heterocycles. The summed E-state index contributed by atoms with van der Waals surface area (Å²) >= 11 is 0. The predicted molar refractivity (Wildman–Crippen MR) is 89.2 cm³/mol. The van der Waals surface area contributed by atoms with Crippen LogP contribution >= 0.6 is 0 Å². The highest BCUT2D eigenvalue weighted by Gasteiger charge is 2.09. The lowest BCUT2D eigenvalue weighted by Crippen LogP contribution is -2.22. The van der Waals surface area contributed by atoms with Gasteiger partial charge in [-0.25, -0.2) is 0 Å². The van der Waals surface area contributed by atoms with E-state index >= 15 is 0 Å². The van der Waals surface area contributed by atoms with Crippen molar-refractivity contribution in [2.75, 3.05) is 26.0 Å². The largest absolute Gasteiger partial charge is 0.367 e. The average molecular weight is 312 g/mol. The topological polar surface area (TPSA) is 58.6 Å². The van der Waals surface area contributed by atoms with Gasteiger partial charge in [0, 0.05) is 25.3 Å². The summed E-state index contributed by atoms with van der Waals surface area (Å²) in [5.74, 6) is -0.364. The third-order valence-electron chi connectivity index (χ3n) is 3.14. The van der Waals surface area contributed by atoms with Gasteiger partial charge in [-0.05, 0) is 23.8 Å². The van der Waals surface area contributed by atoms with Gasteiger partial charge in [0.15, 0.2) is 0 Å². The van der Waals surface area contributed by atoms with Crippen molar-refractivity contribution in [1.82, 2.24) is 4.90 Å². The summed E-state index contributed by atoms with van der Waals surface area (Å²) in [6.45, 7) is 0.341. The highest BCUT2D eigenvalue weighted by molar-refractivity contribution is 5.97. The lowest BCUT2D eigenvalue weighted by atomic mass is 10.2. The molecular weight excluding hydrogens is 292 g/mol. The number of nitrogens with one attached hydrogen (secondary N) is 1. The van der Waals surface area contributed by atoms with E-state index in [2.05, 4.69) is 5.32 Å². The quantitative estimate of drug-likeness (QED) is 0.892. The normalized spacial score (nSPS) is 10.2. The summed E-state index contributed by atoms with van der Waals surface area (Å²) in [6, 6.07) is 16.5. The number of hydrogen-bond acceptors (Lipinski definition) is 3. The van der Waals surface area contributed by atoms with Crippen molar-refractivity contribution in [3.63, 3.8) is 0 Å². The van der Waals surface area contributed by atoms with Crippen LogP contribution in [0.15, 0.2) is 54.6 Å². The second kappa shape index (κ2) is 8.10. The Labute approximate surface area is 135 Å². The number of anilines is 1. The van der Waals surface area contributed by atoms with E-state index in [-0.39, 0.29) is 18.4 Å². The van der Waals surface area contributed by atoms with E-state index in [0.717, 1.165) is 5.56 Å². The lowest BCUT2D eigenvalue weighted by Gasteiger charge is -2.12. The fraction of sp³-hybridized carbons (Fsp3) is 0.222. The molecular formula is C18H20N2O3. The zero-order valence-corrected chi connectivity index (χ0v) is 13.3. The Balaban J connectivity index is 1.85. The lowest BCUT2D eigenvalue weighted by molar-refractivity contribution is -0.121. The molecule has 0 heterocycles. The van der Waals surface area contributed by atoms with Crippen molar-refractivity contribution in [3.05, 3.63) is 65.7 Å². The SMILES string of the molecule is CN(C)C(=O)c1cccc(NC(=O)COCc2ccccc2)c1. The average Bonchev–Trinajstić information content (AvgIpc) is 2.55. The number of rotatable bonds is 6.